The first-order valence-corrected chi connectivity index (χ1v) is 6.35. The number of rotatable bonds is 4. The Balaban J connectivity index is 2.28. The smallest absolute Gasteiger partial charge is 0.141 e. The zero-order valence-electron chi connectivity index (χ0n) is 9.95. The van der Waals surface area contributed by atoms with Gasteiger partial charge < -0.3 is 10.1 Å². The van der Waals surface area contributed by atoms with Crippen LogP contribution in [-0.4, -0.2) is 25.5 Å². The second-order valence-electron chi connectivity index (χ2n) is 3.90. The van der Waals surface area contributed by atoms with E-state index in [1.54, 1.807) is 0 Å². The fourth-order valence-corrected chi connectivity index (χ4v) is 2.13. The van der Waals surface area contributed by atoms with E-state index in [4.69, 9.17) is 16.3 Å². The maximum atomic E-state index is 6.21. The van der Waals surface area contributed by atoms with E-state index < -0.39 is 0 Å². The Morgan fingerprint density at radius 2 is 2.29 bits per heavy atom. The first-order valence-electron chi connectivity index (χ1n) is 5.97. The van der Waals surface area contributed by atoms with Crippen molar-refractivity contribution < 1.29 is 4.74 Å². The zero-order valence-corrected chi connectivity index (χ0v) is 10.7. The Morgan fingerprint density at radius 1 is 1.47 bits per heavy atom. The van der Waals surface area contributed by atoms with Crippen LogP contribution in [0.25, 0.3) is 0 Å². The highest BCUT2D eigenvalue weighted by atomic mass is 35.5. The molecular formula is C13H17ClN2O. The van der Waals surface area contributed by atoms with Crippen LogP contribution in [0.15, 0.2) is 29.3 Å². The van der Waals surface area contributed by atoms with Crippen LogP contribution in [0.1, 0.15) is 25.0 Å². The third-order valence-electron chi connectivity index (χ3n) is 2.69. The molecule has 0 saturated carbocycles. The summed E-state index contributed by atoms with van der Waals surface area (Å²) in [4.78, 5) is 4.49. The molecule has 0 radical (unpaired) electrons. The van der Waals surface area contributed by atoms with E-state index >= 15 is 0 Å². The number of amidine groups is 1. The topological polar surface area (TPSA) is 33.6 Å². The maximum absolute atomic E-state index is 6.21. The van der Waals surface area contributed by atoms with Crippen molar-refractivity contribution in [1.29, 1.82) is 0 Å². The Labute approximate surface area is 107 Å². The lowest BCUT2D eigenvalue weighted by Gasteiger charge is -2.24. The fraction of sp³-hybridized carbons (Fsp3) is 0.462. The molecule has 1 aromatic carbocycles. The number of ether oxygens (including phenoxy) is 1. The average Bonchev–Trinajstić information content (AvgIpc) is 2.38. The van der Waals surface area contributed by atoms with Crippen LogP contribution in [0.4, 0.5) is 0 Å². The lowest BCUT2D eigenvalue weighted by Crippen LogP contribution is -2.35. The minimum absolute atomic E-state index is 0.172. The lowest BCUT2D eigenvalue weighted by molar-refractivity contribution is 0.107. The van der Waals surface area contributed by atoms with Crippen molar-refractivity contribution in [2.75, 3.05) is 19.7 Å². The first-order chi connectivity index (χ1) is 8.33. The van der Waals surface area contributed by atoms with Crippen molar-refractivity contribution in [3.63, 3.8) is 0 Å². The van der Waals surface area contributed by atoms with E-state index in [9.17, 15) is 0 Å². The van der Waals surface area contributed by atoms with Crippen LogP contribution in [0.5, 0.6) is 0 Å². The molecule has 2 rings (SSSR count). The van der Waals surface area contributed by atoms with E-state index in [1.165, 1.54) is 0 Å². The van der Waals surface area contributed by atoms with Gasteiger partial charge >= 0.3 is 0 Å². The van der Waals surface area contributed by atoms with Crippen LogP contribution in [0.3, 0.4) is 0 Å². The van der Waals surface area contributed by atoms with Crippen molar-refractivity contribution in [3.8, 4) is 0 Å². The summed E-state index contributed by atoms with van der Waals surface area (Å²) in [6, 6.07) is 7.76. The van der Waals surface area contributed by atoms with E-state index in [2.05, 4.69) is 10.3 Å². The predicted molar refractivity (Wildman–Crippen MR) is 70.7 cm³/mol. The SMILES string of the molecule is CCO[C@H](C1=NCCCN1)c1ccccc1Cl. The van der Waals surface area contributed by atoms with Crippen molar-refractivity contribution in [2.24, 2.45) is 4.99 Å². The van der Waals surface area contributed by atoms with Gasteiger partial charge in [-0.3, -0.25) is 4.99 Å². The third kappa shape index (κ3) is 2.99. The van der Waals surface area contributed by atoms with Gasteiger partial charge in [0.15, 0.2) is 0 Å². The summed E-state index contributed by atoms with van der Waals surface area (Å²) in [7, 11) is 0. The molecule has 0 aromatic heterocycles. The largest absolute Gasteiger partial charge is 0.371 e. The van der Waals surface area contributed by atoms with Crippen molar-refractivity contribution in [3.05, 3.63) is 34.9 Å². The molecule has 0 unspecified atom stereocenters. The highest BCUT2D eigenvalue weighted by molar-refractivity contribution is 6.31. The molecule has 0 aliphatic carbocycles. The van der Waals surface area contributed by atoms with E-state index in [-0.39, 0.29) is 6.10 Å². The van der Waals surface area contributed by atoms with Gasteiger partial charge in [-0.2, -0.15) is 0 Å². The van der Waals surface area contributed by atoms with E-state index in [1.807, 2.05) is 31.2 Å². The predicted octanol–water partition coefficient (Wildman–Crippen LogP) is 2.81. The van der Waals surface area contributed by atoms with Gasteiger partial charge in [0.1, 0.15) is 11.9 Å². The minimum Gasteiger partial charge on any atom is -0.371 e. The van der Waals surface area contributed by atoms with Crippen molar-refractivity contribution >= 4 is 17.4 Å². The Morgan fingerprint density at radius 3 is 2.94 bits per heavy atom. The summed E-state index contributed by atoms with van der Waals surface area (Å²) in [6.45, 7) is 4.42. The molecule has 0 bridgehead atoms. The van der Waals surface area contributed by atoms with Gasteiger partial charge in [-0.05, 0) is 19.4 Å². The van der Waals surface area contributed by atoms with Gasteiger partial charge in [0, 0.05) is 30.3 Å². The molecule has 0 spiro atoms. The molecule has 1 aliphatic heterocycles. The molecule has 0 amide bonds. The highest BCUT2D eigenvalue weighted by Crippen LogP contribution is 2.26. The normalized spacial score (nSPS) is 17.2. The third-order valence-corrected chi connectivity index (χ3v) is 3.04. The van der Waals surface area contributed by atoms with E-state index in [0.29, 0.717) is 6.61 Å². The summed E-state index contributed by atoms with van der Waals surface area (Å²) >= 11 is 6.21. The Bertz CT molecular complexity index is 406. The Kier molecular flexibility index (Phi) is 4.40. The molecule has 1 atom stereocenters. The average molecular weight is 253 g/mol. The van der Waals surface area contributed by atoms with Crippen molar-refractivity contribution in [1.82, 2.24) is 5.32 Å². The number of halogens is 1. The molecule has 1 aromatic rings. The van der Waals surface area contributed by atoms with Crippen LogP contribution >= 0.6 is 11.6 Å². The number of nitrogens with zero attached hydrogens (tertiary/aromatic N) is 1. The quantitative estimate of drug-likeness (QED) is 0.894. The van der Waals surface area contributed by atoms with Crippen LogP contribution in [0, 0.1) is 0 Å². The Hall–Kier alpha value is -1.06. The molecule has 1 heterocycles. The highest BCUT2D eigenvalue weighted by Gasteiger charge is 2.22. The molecule has 0 fully saturated rings. The van der Waals surface area contributed by atoms with E-state index in [0.717, 1.165) is 35.9 Å². The number of benzene rings is 1. The summed E-state index contributed by atoms with van der Waals surface area (Å²) in [5.74, 6) is 0.895. The van der Waals surface area contributed by atoms with Crippen LogP contribution in [0.2, 0.25) is 5.02 Å². The van der Waals surface area contributed by atoms with Crippen LogP contribution < -0.4 is 5.32 Å². The molecule has 1 aliphatic rings. The number of nitrogens with one attached hydrogen (secondary N) is 1. The molecule has 1 N–H and O–H groups in total. The first kappa shape index (κ1) is 12.4. The monoisotopic (exact) mass is 252 g/mol. The summed E-state index contributed by atoms with van der Waals surface area (Å²) < 4.78 is 5.77. The summed E-state index contributed by atoms with van der Waals surface area (Å²) in [5, 5.41) is 4.02. The molecule has 92 valence electrons. The van der Waals surface area contributed by atoms with Gasteiger partial charge in [0.05, 0.1) is 0 Å². The molecule has 17 heavy (non-hydrogen) atoms. The number of aliphatic imine (C=N–C) groups is 1. The zero-order chi connectivity index (χ0) is 12.1. The molecule has 3 nitrogen and oxygen atoms in total. The molecule has 0 saturated heterocycles. The fourth-order valence-electron chi connectivity index (χ4n) is 1.90. The van der Waals surface area contributed by atoms with Gasteiger partial charge in [0.25, 0.3) is 0 Å². The minimum atomic E-state index is -0.172. The summed E-state index contributed by atoms with van der Waals surface area (Å²) in [6.07, 6.45) is 0.902. The number of hydrogen-bond donors (Lipinski definition) is 1. The molecular weight excluding hydrogens is 236 g/mol. The lowest BCUT2D eigenvalue weighted by atomic mass is 10.1. The molecule has 4 heteroatoms. The van der Waals surface area contributed by atoms with Gasteiger partial charge in [-0.15, -0.1) is 0 Å². The summed E-state index contributed by atoms with van der Waals surface area (Å²) in [5.41, 5.74) is 0.976. The standard InChI is InChI=1S/C13H17ClN2O/c1-2-17-12(13-15-8-5-9-16-13)10-6-3-4-7-11(10)14/h3-4,6-7,12H,2,5,8-9H2,1H3,(H,15,16)/t12-/m0/s1. The van der Waals surface area contributed by atoms with Gasteiger partial charge in [-0.1, -0.05) is 29.8 Å². The van der Waals surface area contributed by atoms with Gasteiger partial charge in [0.2, 0.25) is 0 Å². The second-order valence-corrected chi connectivity index (χ2v) is 4.31. The van der Waals surface area contributed by atoms with Gasteiger partial charge in [-0.25, -0.2) is 0 Å². The number of hydrogen-bond acceptors (Lipinski definition) is 3. The van der Waals surface area contributed by atoms with Crippen molar-refractivity contribution in [2.45, 2.75) is 19.4 Å². The van der Waals surface area contributed by atoms with Crippen LogP contribution in [-0.2, 0) is 4.74 Å². The maximum Gasteiger partial charge on any atom is 0.141 e. The second kappa shape index (κ2) is 6.03.